The highest BCUT2D eigenvalue weighted by Gasteiger charge is 2.13. The second-order valence-corrected chi connectivity index (χ2v) is 3.54. The quantitative estimate of drug-likeness (QED) is 0.486. The van der Waals surface area contributed by atoms with Gasteiger partial charge in [0, 0.05) is 9.26 Å². The summed E-state index contributed by atoms with van der Waals surface area (Å²) in [5.74, 6) is -0.869. The lowest BCUT2D eigenvalue weighted by atomic mass is 10.1. The van der Waals surface area contributed by atoms with Crippen molar-refractivity contribution in [2.75, 3.05) is 5.73 Å². The second-order valence-electron chi connectivity index (χ2n) is 2.38. The number of carbonyl (C=O) groups is 1. The molecule has 0 unspecified atom stereocenters. The third-order valence-corrected chi connectivity index (χ3v) is 2.31. The van der Waals surface area contributed by atoms with Crippen molar-refractivity contribution in [1.29, 1.82) is 0 Å². The Kier molecular flexibility index (Phi) is 2.66. The van der Waals surface area contributed by atoms with Crippen LogP contribution in [0.1, 0.15) is 17.3 Å². The number of hydrogen-bond donors (Lipinski definition) is 1. The van der Waals surface area contributed by atoms with Crippen LogP contribution in [-0.2, 0) is 0 Å². The van der Waals surface area contributed by atoms with Gasteiger partial charge in [0.15, 0.2) is 5.78 Å². The Bertz CT molecular complexity index is 338. The summed E-state index contributed by atoms with van der Waals surface area (Å²) in [4.78, 5) is 10.9. The number of nitrogen functional groups attached to an aromatic ring is 1. The van der Waals surface area contributed by atoms with Crippen LogP contribution >= 0.6 is 22.6 Å². The molecule has 2 N–H and O–H groups in total. The van der Waals surface area contributed by atoms with Crippen LogP contribution in [0.15, 0.2) is 12.1 Å². The van der Waals surface area contributed by atoms with E-state index >= 15 is 0 Å². The molecule has 12 heavy (non-hydrogen) atoms. The largest absolute Gasteiger partial charge is 0.398 e. The number of Topliss-reactive ketones (excluding diaryl/α,β-unsaturated/α-hetero) is 1. The smallest absolute Gasteiger partial charge is 0.164 e. The maximum Gasteiger partial charge on any atom is 0.164 e. The summed E-state index contributed by atoms with van der Waals surface area (Å²) < 4.78 is 13.6. The monoisotopic (exact) mass is 279 g/mol. The highest BCUT2D eigenvalue weighted by molar-refractivity contribution is 14.1. The lowest BCUT2D eigenvalue weighted by Gasteiger charge is -2.03. The third-order valence-electron chi connectivity index (χ3n) is 1.48. The molecule has 0 bridgehead atoms. The van der Waals surface area contributed by atoms with Gasteiger partial charge < -0.3 is 5.73 Å². The molecule has 4 heteroatoms. The van der Waals surface area contributed by atoms with E-state index in [9.17, 15) is 9.18 Å². The number of anilines is 1. The zero-order chi connectivity index (χ0) is 9.30. The van der Waals surface area contributed by atoms with Crippen LogP contribution in [0.2, 0.25) is 0 Å². The van der Waals surface area contributed by atoms with E-state index in [0.29, 0.717) is 3.57 Å². The van der Waals surface area contributed by atoms with Crippen LogP contribution in [0.3, 0.4) is 0 Å². The maximum absolute atomic E-state index is 13.2. The first-order valence-electron chi connectivity index (χ1n) is 3.28. The van der Waals surface area contributed by atoms with E-state index in [-0.39, 0.29) is 17.0 Å². The minimum atomic E-state index is -0.525. The average molecular weight is 279 g/mol. The van der Waals surface area contributed by atoms with Gasteiger partial charge in [-0.2, -0.15) is 0 Å². The Morgan fingerprint density at radius 3 is 2.58 bits per heavy atom. The molecule has 1 aromatic carbocycles. The Labute approximate surface area is 83.1 Å². The van der Waals surface area contributed by atoms with Gasteiger partial charge in [-0.1, -0.05) is 0 Å². The SMILES string of the molecule is CC(=O)c1c(N)ccc(I)c1F. The fraction of sp³-hybridized carbons (Fsp3) is 0.125. The standard InChI is InChI=1S/C8H7FINO/c1-4(12)7-6(11)3-2-5(10)8(7)9/h2-3H,11H2,1H3. The van der Waals surface area contributed by atoms with Crippen molar-refractivity contribution in [2.24, 2.45) is 0 Å². The van der Waals surface area contributed by atoms with E-state index in [0.717, 1.165) is 0 Å². The minimum absolute atomic E-state index is 0.0121. The highest BCUT2D eigenvalue weighted by atomic mass is 127. The summed E-state index contributed by atoms with van der Waals surface area (Å²) in [6.07, 6.45) is 0. The minimum Gasteiger partial charge on any atom is -0.398 e. The summed E-state index contributed by atoms with van der Waals surface area (Å²) in [6.45, 7) is 1.30. The molecule has 1 rings (SSSR count). The first kappa shape index (κ1) is 9.44. The van der Waals surface area contributed by atoms with Crippen LogP contribution < -0.4 is 5.73 Å². The molecule has 0 atom stereocenters. The van der Waals surface area contributed by atoms with Crippen LogP contribution in [0.25, 0.3) is 0 Å². The van der Waals surface area contributed by atoms with E-state index < -0.39 is 5.82 Å². The average Bonchev–Trinajstić information content (AvgIpc) is 1.97. The highest BCUT2D eigenvalue weighted by Crippen LogP contribution is 2.21. The normalized spacial score (nSPS) is 9.92. The molecule has 0 aliphatic heterocycles. The predicted molar refractivity (Wildman–Crippen MR) is 53.5 cm³/mol. The fourth-order valence-corrected chi connectivity index (χ4v) is 1.37. The first-order chi connectivity index (χ1) is 5.54. The Morgan fingerprint density at radius 2 is 2.17 bits per heavy atom. The topological polar surface area (TPSA) is 43.1 Å². The molecule has 0 heterocycles. The van der Waals surface area contributed by atoms with E-state index in [2.05, 4.69) is 0 Å². The van der Waals surface area contributed by atoms with Crippen molar-refractivity contribution in [1.82, 2.24) is 0 Å². The van der Waals surface area contributed by atoms with Crippen molar-refractivity contribution >= 4 is 34.1 Å². The third kappa shape index (κ3) is 1.57. The molecular weight excluding hydrogens is 272 g/mol. The van der Waals surface area contributed by atoms with Crippen molar-refractivity contribution in [3.05, 3.63) is 27.1 Å². The van der Waals surface area contributed by atoms with E-state index in [4.69, 9.17) is 5.73 Å². The number of carbonyl (C=O) groups excluding carboxylic acids is 1. The molecule has 0 aromatic heterocycles. The number of ketones is 1. The van der Waals surface area contributed by atoms with Crippen molar-refractivity contribution in [2.45, 2.75) is 6.92 Å². The van der Waals surface area contributed by atoms with Gasteiger partial charge in [0.05, 0.1) is 5.56 Å². The molecule has 1 aromatic rings. The lowest BCUT2D eigenvalue weighted by Crippen LogP contribution is -2.04. The first-order valence-corrected chi connectivity index (χ1v) is 4.36. The summed E-state index contributed by atoms with van der Waals surface area (Å²) in [5, 5.41) is 0. The summed E-state index contributed by atoms with van der Waals surface area (Å²) in [7, 11) is 0. The molecular formula is C8H7FINO. The molecule has 0 amide bonds. The fourth-order valence-electron chi connectivity index (χ4n) is 0.923. The Balaban J connectivity index is 3.43. The summed E-state index contributed by atoms with van der Waals surface area (Å²) >= 11 is 1.82. The van der Waals surface area contributed by atoms with Gasteiger partial charge in [0.25, 0.3) is 0 Å². The van der Waals surface area contributed by atoms with Gasteiger partial charge >= 0.3 is 0 Å². The molecule has 0 saturated carbocycles. The number of halogens is 2. The van der Waals surface area contributed by atoms with E-state index in [1.54, 1.807) is 0 Å². The predicted octanol–water partition coefficient (Wildman–Crippen LogP) is 2.22. The molecule has 2 nitrogen and oxygen atoms in total. The second kappa shape index (κ2) is 3.38. The Morgan fingerprint density at radius 1 is 1.58 bits per heavy atom. The van der Waals surface area contributed by atoms with Gasteiger partial charge in [-0.25, -0.2) is 4.39 Å². The molecule has 0 saturated heterocycles. The molecule has 0 aliphatic carbocycles. The van der Waals surface area contributed by atoms with Gasteiger partial charge in [-0.05, 0) is 41.6 Å². The van der Waals surface area contributed by atoms with Crippen molar-refractivity contribution in [3.8, 4) is 0 Å². The number of rotatable bonds is 1. The van der Waals surface area contributed by atoms with E-state index in [1.165, 1.54) is 19.1 Å². The van der Waals surface area contributed by atoms with Crippen LogP contribution in [0, 0.1) is 9.39 Å². The molecule has 0 aliphatic rings. The summed E-state index contributed by atoms with van der Waals surface area (Å²) in [6, 6.07) is 3.07. The van der Waals surface area contributed by atoms with Gasteiger partial charge in [0.2, 0.25) is 0 Å². The van der Waals surface area contributed by atoms with Crippen molar-refractivity contribution in [3.63, 3.8) is 0 Å². The van der Waals surface area contributed by atoms with Crippen LogP contribution in [-0.4, -0.2) is 5.78 Å². The molecule has 0 fully saturated rings. The Hall–Kier alpha value is -0.650. The van der Waals surface area contributed by atoms with Crippen LogP contribution in [0.4, 0.5) is 10.1 Å². The van der Waals surface area contributed by atoms with Gasteiger partial charge in [0.1, 0.15) is 5.82 Å². The number of hydrogen-bond acceptors (Lipinski definition) is 2. The summed E-state index contributed by atoms with van der Waals surface area (Å²) in [5.41, 5.74) is 5.61. The number of benzene rings is 1. The van der Waals surface area contributed by atoms with E-state index in [1.807, 2.05) is 22.6 Å². The molecule has 0 radical (unpaired) electrons. The zero-order valence-corrected chi connectivity index (χ0v) is 8.55. The maximum atomic E-state index is 13.2. The number of nitrogens with two attached hydrogens (primary N) is 1. The molecule has 0 spiro atoms. The molecule has 64 valence electrons. The lowest BCUT2D eigenvalue weighted by molar-refractivity contribution is 0.101. The van der Waals surface area contributed by atoms with Gasteiger partial charge in [-0.3, -0.25) is 4.79 Å². The zero-order valence-electron chi connectivity index (χ0n) is 6.40. The van der Waals surface area contributed by atoms with Crippen LogP contribution in [0.5, 0.6) is 0 Å². The van der Waals surface area contributed by atoms with Crippen molar-refractivity contribution < 1.29 is 9.18 Å². The van der Waals surface area contributed by atoms with Gasteiger partial charge in [-0.15, -0.1) is 0 Å².